The fourth-order valence-electron chi connectivity index (χ4n) is 1.60. The smallest absolute Gasteiger partial charge is 0.00792 e. The number of hydrogen-bond acceptors (Lipinski definition) is 2. The molecule has 1 unspecified atom stereocenters. The van der Waals surface area contributed by atoms with E-state index in [0.29, 0.717) is 6.04 Å². The zero-order valence-electron chi connectivity index (χ0n) is 9.81. The maximum absolute atomic E-state index is 3.49. The molecule has 0 bridgehead atoms. The largest absolute Gasteiger partial charge is 0.315 e. The number of nitrogens with one attached hydrogen (secondary N) is 2. The van der Waals surface area contributed by atoms with Crippen LogP contribution >= 0.6 is 0 Å². The summed E-state index contributed by atoms with van der Waals surface area (Å²) in [7, 11) is 0. The second kappa shape index (κ2) is 7.24. The van der Waals surface area contributed by atoms with Crippen LogP contribution < -0.4 is 10.6 Å². The fourth-order valence-corrected chi connectivity index (χ4v) is 1.60. The van der Waals surface area contributed by atoms with E-state index in [-0.39, 0.29) is 0 Å². The van der Waals surface area contributed by atoms with Gasteiger partial charge < -0.3 is 10.6 Å². The topological polar surface area (TPSA) is 24.1 Å². The van der Waals surface area contributed by atoms with E-state index in [4.69, 9.17) is 0 Å². The summed E-state index contributed by atoms with van der Waals surface area (Å²) in [6.45, 7) is 7.90. The van der Waals surface area contributed by atoms with Crippen molar-refractivity contribution in [3.8, 4) is 0 Å². The molecule has 1 aliphatic carbocycles. The van der Waals surface area contributed by atoms with Crippen LogP contribution in [-0.2, 0) is 0 Å². The monoisotopic (exact) mass is 198 g/mol. The average Bonchev–Trinajstić information content (AvgIpc) is 2.99. The molecule has 0 aliphatic heterocycles. The third-order valence-electron chi connectivity index (χ3n) is 3.07. The van der Waals surface area contributed by atoms with Crippen molar-refractivity contribution in [1.29, 1.82) is 0 Å². The fraction of sp³-hybridized carbons (Fsp3) is 1.00. The van der Waals surface area contributed by atoms with Crippen LogP contribution in [0.5, 0.6) is 0 Å². The molecule has 1 aliphatic rings. The van der Waals surface area contributed by atoms with Gasteiger partial charge in [0.25, 0.3) is 0 Å². The van der Waals surface area contributed by atoms with Gasteiger partial charge in [0.1, 0.15) is 0 Å². The van der Waals surface area contributed by atoms with E-state index < -0.39 is 0 Å². The minimum absolute atomic E-state index is 0.670. The second-order valence-electron chi connectivity index (χ2n) is 4.60. The highest BCUT2D eigenvalue weighted by Crippen LogP contribution is 2.33. The first-order valence-corrected chi connectivity index (χ1v) is 6.27. The maximum Gasteiger partial charge on any atom is 0.00792 e. The Morgan fingerprint density at radius 1 is 1.21 bits per heavy atom. The van der Waals surface area contributed by atoms with E-state index in [9.17, 15) is 0 Å². The van der Waals surface area contributed by atoms with Gasteiger partial charge in [0.15, 0.2) is 0 Å². The standard InChI is InChI=1S/C12H26N2/c1-3-11(2)14-10-9-13-8-4-5-12-6-7-12/h11-14H,3-10H2,1-2H3. The number of rotatable bonds is 9. The molecular formula is C12H26N2. The van der Waals surface area contributed by atoms with Crippen LogP contribution in [0.4, 0.5) is 0 Å². The van der Waals surface area contributed by atoms with Gasteiger partial charge in [-0.25, -0.2) is 0 Å². The van der Waals surface area contributed by atoms with Crippen LogP contribution in [0.25, 0.3) is 0 Å². The first-order valence-electron chi connectivity index (χ1n) is 6.27. The molecule has 0 saturated heterocycles. The van der Waals surface area contributed by atoms with Crippen molar-refractivity contribution < 1.29 is 0 Å². The van der Waals surface area contributed by atoms with Gasteiger partial charge in [-0.2, -0.15) is 0 Å². The molecule has 1 rings (SSSR count). The van der Waals surface area contributed by atoms with Crippen molar-refractivity contribution in [3.63, 3.8) is 0 Å². The lowest BCUT2D eigenvalue weighted by Gasteiger charge is -2.11. The van der Waals surface area contributed by atoms with Crippen molar-refractivity contribution in [2.75, 3.05) is 19.6 Å². The van der Waals surface area contributed by atoms with Crippen molar-refractivity contribution in [3.05, 3.63) is 0 Å². The van der Waals surface area contributed by atoms with Gasteiger partial charge in [0.05, 0.1) is 0 Å². The third kappa shape index (κ3) is 6.39. The molecule has 0 aromatic carbocycles. The lowest BCUT2D eigenvalue weighted by atomic mass is 10.2. The highest BCUT2D eigenvalue weighted by Gasteiger charge is 2.19. The molecule has 0 aromatic heterocycles. The maximum atomic E-state index is 3.49. The van der Waals surface area contributed by atoms with Gasteiger partial charge in [-0.15, -0.1) is 0 Å². The van der Waals surface area contributed by atoms with Gasteiger partial charge in [-0.05, 0) is 38.6 Å². The zero-order chi connectivity index (χ0) is 10.2. The summed E-state index contributed by atoms with van der Waals surface area (Å²) in [4.78, 5) is 0. The molecule has 1 fully saturated rings. The molecule has 2 nitrogen and oxygen atoms in total. The Hall–Kier alpha value is -0.0800. The predicted octanol–water partition coefficient (Wildman–Crippen LogP) is 2.15. The van der Waals surface area contributed by atoms with Crippen LogP contribution in [-0.4, -0.2) is 25.7 Å². The SMILES string of the molecule is CCC(C)NCCNCCCC1CC1. The quantitative estimate of drug-likeness (QED) is 0.555. The lowest BCUT2D eigenvalue weighted by Crippen LogP contribution is -2.33. The summed E-state index contributed by atoms with van der Waals surface area (Å²) in [5, 5.41) is 6.97. The Kier molecular flexibility index (Phi) is 6.20. The third-order valence-corrected chi connectivity index (χ3v) is 3.07. The molecule has 0 radical (unpaired) electrons. The van der Waals surface area contributed by atoms with Crippen molar-refractivity contribution in [2.24, 2.45) is 5.92 Å². The average molecular weight is 198 g/mol. The molecule has 2 N–H and O–H groups in total. The van der Waals surface area contributed by atoms with E-state index in [2.05, 4.69) is 24.5 Å². The van der Waals surface area contributed by atoms with Crippen LogP contribution in [0.15, 0.2) is 0 Å². The molecule has 2 heteroatoms. The van der Waals surface area contributed by atoms with E-state index in [0.717, 1.165) is 19.0 Å². The van der Waals surface area contributed by atoms with Gasteiger partial charge in [-0.3, -0.25) is 0 Å². The Labute approximate surface area is 88.8 Å². The molecular weight excluding hydrogens is 172 g/mol. The van der Waals surface area contributed by atoms with Crippen molar-refractivity contribution in [2.45, 2.75) is 52.0 Å². The molecule has 0 amide bonds. The summed E-state index contributed by atoms with van der Waals surface area (Å²) >= 11 is 0. The molecule has 84 valence electrons. The molecule has 14 heavy (non-hydrogen) atoms. The molecule has 0 aromatic rings. The van der Waals surface area contributed by atoms with E-state index in [1.165, 1.54) is 38.6 Å². The van der Waals surface area contributed by atoms with Gasteiger partial charge in [0.2, 0.25) is 0 Å². The molecule has 0 heterocycles. The summed E-state index contributed by atoms with van der Waals surface area (Å²) < 4.78 is 0. The highest BCUT2D eigenvalue weighted by atomic mass is 15.0. The predicted molar refractivity (Wildman–Crippen MR) is 62.6 cm³/mol. The van der Waals surface area contributed by atoms with Crippen LogP contribution in [0.2, 0.25) is 0 Å². The summed E-state index contributed by atoms with van der Waals surface area (Å²) in [6.07, 6.45) is 7.03. The lowest BCUT2D eigenvalue weighted by molar-refractivity contribution is 0.509. The van der Waals surface area contributed by atoms with E-state index in [1.807, 2.05) is 0 Å². The van der Waals surface area contributed by atoms with Crippen LogP contribution in [0.3, 0.4) is 0 Å². The minimum atomic E-state index is 0.670. The molecule has 1 atom stereocenters. The van der Waals surface area contributed by atoms with Crippen molar-refractivity contribution in [1.82, 2.24) is 10.6 Å². The second-order valence-corrected chi connectivity index (χ2v) is 4.60. The zero-order valence-corrected chi connectivity index (χ0v) is 9.81. The van der Waals surface area contributed by atoms with E-state index in [1.54, 1.807) is 0 Å². The molecule has 1 saturated carbocycles. The number of hydrogen-bond donors (Lipinski definition) is 2. The van der Waals surface area contributed by atoms with Gasteiger partial charge >= 0.3 is 0 Å². The molecule has 0 spiro atoms. The summed E-state index contributed by atoms with van der Waals surface area (Å²) in [5.41, 5.74) is 0. The minimum Gasteiger partial charge on any atom is -0.315 e. The Balaban J connectivity index is 1.70. The summed E-state index contributed by atoms with van der Waals surface area (Å²) in [5.74, 6) is 1.09. The van der Waals surface area contributed by atoms with E-state index >= 15 is 0 Å². The van der Waals surface area contributed by atoms with Gasteiger partial charge in [-0.1, -0.05) is 19.8 Å². The normalized spacial score (nSPS) is 18.4. The Morgan fingerprint density at radius 3 is 2.64 bits per heavy atom. The first kappa shape index (κ1) is 12.0. The van der Waals surface area contributed by atoms with Crippen molar-refractivity contribution >= 4 is 0 Å². The highest BCUT2D eigenvalue weighted by molar-refractivity contribution is 4.72. The van der Waals surface area contributed by atoms with Gasteiger partial charge in [0, 0.05) is 19.1 Å². The summed E-state index contributed by atoms with van der Waals surface area (Å²) in [6, 6.07) is 0.670. The Bertz CT molecular complexity index is 132. The Morgan fingerprint density at radius 2 is 2.00 bits per heavy atom. The van der Waals surface area contributed by atoms with Crippen LogP contribution in [0.1, 0.15) is 46.0 Å². The first-order chi connectivity index (χ1) is 6.83. The van der Waals surface area contributed by atoms with Crippen LogP contribution in [0, 0.1) is 5.92 Å².